The maximum absolute atomic E-state index is 13.0. The molecular weight excluding hydrogens is 326 g/mol. The van der Waals surface area contributed by atoms with E-state index in [0.29, 0.717) is 0 Å². The molecule has 1 saturated heterocycles. The molecule has 0 aliphatic carbocycles. The van der Waals surface area contributed by atoms with Crippen LogP contribution < -0.4 is 4.90 Å². The van der Waals surface area contributed by atoms with Crippen LogP contribution in [0.2, 0.25) is 0 Å². The molecule has 0 spiro atoms. The highest BCUT2D eigenvalue weighted by atomic mass is 16.3. The molecular formula is C21H23N3O2. The molecule has 3 aromatic rings. The molecule has 1 aromatic heterocycles. The summed E-state index contributed by atoms with van der Waals surface area (Å²) < 4.78 is 0. The van der Waals surface area contributed by atoms with Crippen molar-refractivity contribution in [2.45, 2.75) is 13.0 Å². The number of hydrogen-bond donors (Lipinski definition) is 2. The molecule has 0 radical (unpaired) electrons. The Morgan fingerprint density at radius 2 is 1.73 bits per heavy atom. The molecule has 26 heavy (non-hydrogen) atoms. The average molecular weight is 349 g/mol. The number of phenols is 1. The molecule has 2 N–H and O–H groups in total. The molecule has 1 aliphatic heterocycles. The zero-order chi connectivity index (χ0) is 18.1. The summed E-state index contributed by atoms with van der Waals surface area (Å²) in [6, 6.07) is 15.1. The van der Waals surface area contributed by atoms with Crippen molar-refractivity contribution < 1.29 is 9.90 Å². The zero-order valence-electron chi connectivity index (χ0n) is 14.9. The lowest BCUT2D eigenvalue weighted by Crippen LogP contribution is -2.51. The number of aromatic amines is 1. The maximum atomic E-state index is 13.0. The van der Waals surface area contributed by atoms with E-state index in [9.17, 15) is 9.90 Å². The second kappa shape index (κ2) is 6.84. The van der Waals surface area contributed by atoms with Crippen LogP contribution in [-0.2, 0) is 0 Å². The number of benzene rings is 2. The monoisotopic (exact) mass is 349 g/mol. The van der Waals surface area contributed by atoms with Crippen molar-refractivity contribution in [2.75, 3.05) is 31.1 Å². The highest BCUT2D eigenvalue weighted by Crippen LogP contribution is 2.23. The first-order valence-corrected chi connectivity index (χ1v) is 9.02. The molecule has 4 rings (SSSR count). The first-order valence-electron chi connectivity index (χ1n) is 9.02. The highest BCUT2D eigenvalue weighted by Gasteiger charge is 2.27. The van der Waals surface area contributed by atoms with E-state index in [-0.39, 0.29) is 17.6 Å². The van der Waals surface area contributed by atoms with Crippen LogP contribution >= 0.6 is 0 Å². The van der Waals surface area contributed by atoms with Gasteiger partial charge in [-0.05, 0) is 37.3 Å². The molecule has 0 amide bonds. The molecule has 1 atom stereocenters. The number of aromatic hydroxyl groups is 1. The maximum Gasteiger partial charge on any atom is 0.181 e. The molecule has 0 unspecified atom stereocenters. The third kappa shape index (κ3) is 3.06. The molecule has 1 fully saturated rings. The minimum absolute atomic E-state index is 0.142. The number of rotatable bonds is 4. The van der Waals surface area contributed by atoms with E-state index in [0.717, 1.165) is 48.3 Å². The van der Waals surface area contributed by atoms with Crippen LogP contribution in [0.15, 0.2) is 54.7 Å². The predicted octanol–water partition coefficient (Wildman–Crippen LogP) is 3.27. The van der Waals surface area contributed by atoms with Crippen molar-refractivity contribution in [3.63, 3.8) is 0 Å². The molecule has 5 nitrogen and oxygen atoms in total. The fourth-order valence-corrected chi connectivity index (χ4v) is 3.70. The number of phenolic OH excluding ortho intramolecular Hbond substituents is 1. The van der Waals surface area contributed by atoms with Crippen molar-refractivity contribution >= 4 is 22.4 Å². The van der Waals surface area contributed by atoms with E-state index in [1.54, 1.807) is 12.1 Å². The van der Waals surface area contributed by atoms with Crippen molar-refractivity contribution in [1.29, 1.82) is 0 Å². The smallest absolute Gasteiger partial charge is 0.181 e. The van der Waals surface area contributed by atoms with Crippen LogP contribution in [0.3, 0.4) is 0 Å². The fraction of sp³-hybridized carbons (Fsp3) is 0.286. The van der Waals surface area contributed by atoms with E-state index in [2.05, 4.69) is 14.8 Å². The summed E-state index contributed by atoms with van der Waals surface area (Å²) in [5, 5.41) is 10.4. The molecule has 2 aromatic carbocycles. The summed E-state index contributed by atoms with van der Waals surface area (Å²) in [6.45, 7) is 5.43. The Kier molecular flexibility index (Phi) is 4.39. The first-order chi connectivity index (χ1) is 12.6. The van der Waals surface area contributed by atoms with Gasteiger partial charge in [0, 0.05) is 54.5 Å². The Morgan fingerprint density at radius 3 is 2.46 bits per heavy atom. The number of Topliss-reactive ketones (excluding diaryl/α,β-unsaturated/α-hetero) is 1. The normalized spacial score (nSPS) is 16.7. The van der Waals surface area contributed by atoms with E-state index < -0.39 is 0 Å². The minimum atomic E-state index is -0.142. The number of carbonyl (C=O) groups is 1. The largest absolute Gasteiger partial charge is 0.508 e. The summed E-state index contributed by atoms with van der Waals surface area (Å²) in [7, 11) is 0. The lowest BCUT2D eigenvalue weighted by molar-refractivity contribution is 0.0831. The van der Waals surface area contributed by atoms with Gasteiger partial charge >= 0.3 is 0 Å². The summed E-state index contributed by atoms with van der Waals surface area (Å²) >= 11 is 0. The molecule has 1 aliphatic rings. The van der Waals surface area contributed by atoms with E-state index in [4.69, 9.17) is 0 Å². The third-order valence-electron chi connectivity index (χ3n) is 5.31. The van der Waals surface area contributed by atoms with Gasteiger partial charge in [-0.25, -0.2) is 0 Å². The summed E-state index contributed by atoms with van der Waals surface area (Å²) in [5.74, 6) is 0.450. The van der Waals surface area contributed by atoms with Gasteiger partial charge in [0.25, 0.3) is 0 Å². The van der Waals surface area contributed by atoms with Gasteiger partial charge in [0.1, 0.15) is 5.75 Å². The van der Waals surface area contributed by atoms with E-state index in [1.165, 1.54) is 0 Å². The van der Waals surface area contributed by atoms with Crippen LogP contribution in [0, 0.1) is 0 Å². The Bertz CT molecular complexity index is 908. The van der Waals surface area contributed by atoms with Gasteiger partial charge in [-0.2, -0.15) is 0 Å². The Balaban J connectivity index is 1.44. The van der Waals surface area contributed by atoms with Crippen LogP contribution in [-0.4, -0.2) is 53.0 Å². The Morgan fingerprint density at radius 1 is 1.04 bits per heavy atom. The van der Waals surface area contributed by atoms with Gasteiger partial charge in [0.05, 0.1) is 6.04 Å². The van der Waals surface area contributed by atoms with Crippen molar-refractivity contribution in [3.05, 3.63) is 60.3 Å². The van der Waals surface area contributed by atoms with Gasteiger partial charge in [0.15, 0.2) is 5.78 Å². The topological polar surface area (TPSA) is 59.6 Å². The zero-order valence-corrected chi connectivity index (χ0v) is 14.9. The number of fused-ring (bicyclic) bond motifs is 1. The number of para-hydroxylation sites is 1. The number of ketones is 1. The average Bonchev–Trinajstić information content (AvgIpc) is 3.12. The molecule has 134 valence electrons. The number of nitrogens with zero attached hydrogens (tertiary/aromatic N) is 2. The molecule has 2 heterocycles. The third-order valence-corrected chi connectivity index (χ3v) is 5.31. The predicted molar refractivity (Wildman–Crippen MR) is 104 cm³/mol. The Labute approximate surface area is 152 Å². The van der Waals surface area contributed by atoms with Gasteiger partial charge in [0.2, 0.25) is 0 Å². The van der Waals surface area contributed by atoms with Crippen LogP contribution in [0.1, 0.15) is 17.3 Å². The molecule has 5 heteroatoms. The number of piperazine rings is 1. The quantitative estimate of drug-likeness (QED) is 0.710. The lowest BCUT2D eigenvalue weighted by atomic mass is 10.0. The number of anilines is 1. The standard InChI is InChI=1S/C21H23N3O2/c1-15(21(26)19-14-22-20-5-3-2-4-18(19)20)23-10-12-24(13-11-23)16-6-8-17(25)9-7-16/h2-9,14-15,22,25H,10-13H2,1H3/t15-/m1/s1. The second-order valence-corrected chi connectivity index (χ2v) is 6.83. The fourth-order valence-electron chi connectivity index (χ4n) is 3.70. The van der Waals surface area contributed by atoms with Crippen LogP contribution in [0.5, 0.6) is 5.75 Å². The first kappa shape index (κ1) is 16.7. The summed E-state index contributed by atoms with van der Waals surface area (Å²) in [4.78, 5) is 20.7. The molecule has 0 bridgehead atoms. The van der Waals surface area contributed by atoms with E-state index in [1.807, 2.05) is 49.5 Å². The highest BCUT2D eigenvalue weighted by molar-refractivity contribution is 6.10. The SMILES string of the molecule is C[C@H](C(=O)c1c[nH]c2ccccc12)N1CCN(c2ccc(O)cc2)CC1. The van der Waals surface area contributed by atoms with E-state index >= 15 is 0 Å². The Hall–Kier alpha value is -2.79. The number of carbonyl (C=O) groups excluding carboxylic acids is 1. The number of nitrogens with one attached hydrogen (secondary N) is 1. The van der Waals surface area contributed by atoms with Crippen molar-refractivity contribution in [1.82, 2.24) is 9.88 Å². The van der Waals surface area contributed by atoms with Gasteiger partial charge in [-0.15, -0.1) is 0 Å². The lowest BCUT2D eigenvalue weighted by Gasteiger charge is -2.38. The summed E-state index contributed by atoms with van der Waals surface area (Å²) in [6.07, 6.45) is 1.83. The van der Waals surface area contributed by atoms with Gasteiger partial charge < -0.3 is 15.0 Å². The number of hydrogen-bond acceptors (Lipinski definition) is 4. The van der Waals surface area contributed by atoms with Gasteiger partial charge in [-0.3, -0.25) is 9.69 Å². The van der Waals surface area contributed by atoms with Crippen molar-refractivity contribution in [2.24, 2.45) is 0 Å². The van der Waals surface area contributed by atoms with Crippen LogP contribution in [0.25, 0.3) is 10.9 Å². The second-order valence-electron chi connectivity index (χ2n) is 6.83. The van der Waals surface area contributed by atoms with Crippen molar-refractivity contribution in [3.8, 4) is 5.75 Å². The van der Waals surface area contributed by atoms with Gasteiger partial charge in [-0.1, -0.05) is 18.2 Å². The molecule has 0 saturated carbocycles. The summed E-state index contributed by atoms with van der Waals surface area (Å²) in [5.41, 5.74) is 2.88. The van der Waals surface area contributed by atoms with Crippen LogP contribution in [0.4, 0.5) is 5.69 Å². The minimum Gasteiger partial charge on any atom is -0.508 e. The number of aromatic nitrogens is 1. The number of H-pyrrole nitrogens is 1.